The highest BCUT2D eigenvalue weighted by Gasteiger charge is 2.27. The minimum absolute atomic E-state index is 0.531. The molecule has 2 aromatic rings. The highest BCUT2D eigenvalue weighted by atomic mass is 32.3. The van der Waals surface area contributed by atoms with E-state index in [0.717, 1.165) is 24.5 Å². The summed E-state index contributed by atoms with van der Waals surface area (Å²) in [7, 11) is 0. The predicted octanol–water partition coefficient (Wildman–Crippen LogP) is 3.20. The van der Waals surface area contributed by atoms with E-state index in [0.29, 0.717) is 4.71 Å². The molecule has 98 valence electrons. The SMILES string of the molecule is c1ccc(CN(Cc2ccccn2)C2SCS2)nc1. The Morgan fingerprint density at radius 1 is 0.947 bits per heavy atom. The van der Waals surface area contributed by atoms with Gasteiger partial charge in [0, 0.05) is 30.6 Å². The Morgan fingerprint density at radius 2 is 1.53 bits per heavy atom. The maximum absolute atomic E-state index is 4.42. The van der Waals surface area contributed by atoms with Gasteiger partial charge in [0.25, 0.3) is 0 Å². The number of nitrogens with zero attached hydrogens (tertiary/aromatic N) is 3. The van der Waals surface area contributed by atoms with Gasteiger partial charge in [-0.15, -0.1) is 23.5 Å². The topological polar surface area (TPSA) is 29.0 Å². The molecule has 5 heteroatoms. The molecule has 2 aromatic heterocycles. The van der Waals surface area contributed by atoms with Crippen molar-refractivity contribution in [1.29, 1.82) is 0 Å². The van der Waals surface area contributed by atoms with E-state index < -0.39 is 0 Å². The molecule has 0 N–H and O–H groups in total. The van der Waals surface area contributed by atoms with Gasteiger partial charge in [0.05, 0.1) is 11.4 Å². The highest BCUT2D eigenvalue weighted by molar-refractivity contribution is 8.32. The molecule has 0 atom stereocenters. The molecule has 0 saturated carbocycles. The minimum Gasteiger partial charge on any atom is -0.271 e. The first-order chi connectivity index (χ1) is 9.42. The van der Waals surface area contributed by atoms with E-state index in [2.05, 4.69) is 27.0 Å². The summed E-state index contributed by atoms with van der Waals surface area (Å²) in [5.41, 5.74) is 2.23. The molecule has 0 amide bonds. The molecule has 3 heterocycles. The standard InChI is InChI=1S/C14H15N3S2/c1-3-7-15-12(5-1)9-17(14-18-11-19-14)10-13-6-2-4-8-16-13/h1-8,14H,9-11H2. The summed E-state index contributed by atoms with van der Waals surface area (Å²) in [5, 5.41) is 1.19. The lowest BCUT2D eigenvalue weighted by atomic mass is 10.3. The highest BCUT2D eigenvalue weighted by Crippen LogP contribution is 2.42. The van der Waals surface area contributed by atoms with Crippen molar-refractivity contribution < 1.29 is 0 Å². The molecule has 0 bridgehead atoms. The van der Waals surface area contributed by atoms with E-state index in [1.807, 2.05) is 60.2 Å². The lowest BCUT2D eigenvalue weighted by Crippen LogP contribution is -2.34. The number of rotatable bonds is 5. The Bertz CT molecular complexity index is 461. The molecule has 0 unspecified atom stereocenters. The first kappa shape index (κ1) is 13.0. The Kier molecular flexibility index (Phi) is 4.37. The Hall–Kier alpha value is -1.04. The third kappa shape index (κ3) is 3.49. The third-order valence-electron chi connectivity index (χ3n) is 2.90. The Balaban J connectivity index is 1.71. The number of hydrogen-bond acceptors (Lipinski definition) is 5. The molecule has 1 saturated heterocycles. The third-order valence-corrected chi connectivity index (χ3v) is 5.97. The minimum atomic E-state index is 0.531. The van der Waals surface area contributed by atoms with Crippen molar-refractivity contribution in [3.8, 4) is 0 Å². The van der Waals surface area contributed by atoms with E-state index in [-0.39, 0.29) is 0 Å². The molecular weight excluding hydrogens is 274 g/mol. The molecule has 0 radical (unpaired) electrons. The van der Waals surface area contributed by atoms with Crippen LogP contribution in [0.1, 0.15) is 11.4 Å². The van der Waals surface area contributed by atoms with Crippen molar-refractivity contribution in [2.45, 2.75) is 17.8 Å². The van der Waals surface area contributed by atoms with Crippen LogP contribution in [-0.2, 0) is 13.1 Å². The van der Waals surface area contributed by atoms with Crippen LogP contribution in [0.5, 0.6) is 0 Å². The summed E-state index contributed by atoms with van der Waals surface area (Å²) in [6.45, 7) is 1.75. The van der Waals surface area contributed by atoms with Crippen LogP contribution in [0.4, 0.5) is 0 Å². The van der Waals surface area contributed by atoms with Crippen molar-refractivity contribution in [3.63, 3.8) is 0 Å². The Labute approximate surface area is 121 Å². The van der Waals surface area contributed by atoms with Gasteiger partial charge in [-0.3, -0.25) is 14.9 Å². The molecule has 0 aliphatic carbocycles. The fraction of sp³-hybridized carbons (Fsp3) is 0.286. The van der Waals surface area contributed by atoms with Gasteiger partial charge in [-0.2, -0.15) is 0 Å². The van der Waals surface area contributed by atoms with Crippen LogP contribution >= 0.6 is 23.5 Å². The molecular formula is C14H15N3S2. The van der Waals surface area contributed by atoms with Gasteiger partial charge in [-0.1, -0.05) is 12.1 Å². The summed E-state index contributed by atoms with van der Waals surface area (Å²) in [6, 6.07) is 12.2. The molecule has 3 rings (SSSR count). The molecule has 0 aromatic carbocycles. The van der Waals surface area contributed by atoms with Crippen LogP contribution in [-0.4, -0.2) is 24.7 Å². The maximum Gasteiger partial charge on any atom is 0.105 e. The normalized spacial score (nSPS) is 15.4. The largest absolute Gasteiger partial charge is 0.271 e. The second kappa shape index (κ2) is 6.41. The average molecular weight is 289 g/mol. The van der Waals surface area contributed by atoms with Gasteiger partial charge in [0.1, 0.15) is 4.71 Å². The van der Waals surface area contributed by atoms with Crippen LogP contribution in [0, 0.1) is 0 Å². The second-order valence-electron chi connectivity index (χ2n) is 4.31. The molecule has 3 nitrogen and oxygen atoms in total. The first-order valence-corrected chi connectivity index (χ1v) is 8.28. The van der Waals surface area contributed by atoms with E-state index in [9.17, 15) is 0 Å². The van der Waals surface area contributed by atoms with Crippen LogP contribution < -0.4 is 0 Å². The molecule has 1 fully saturated rings. The monoisotopic (exact) mass is 289 g/mol. The van der Waals surface area contributed by atoms with Crippen molar-refractivity contribution in [2.75, 3.05) is 5.08 Å². The lowest BCUT2D eigenvalue weighted by Gasteiger charge is -2.35. The van der Waals surface area contributed by atoms with Crippen LogP contribution in [0.15, 0.2) is 48.8 Å². The van der Waals surface area contributed by atoms with Gasteiger partial charge in [-0.05, 0) is 24.3 Å². The van der Waals surface area contributed by atoms with Crippen molar-refractivity contribution in [1.82, 2.24) is 14.9 Å². The van der Waals surface area contributed by atoms with Crippen LogP contribution in [0.3, 0.4) is 0 Å². The van der Waals surface area contributed by atoms with E-state index >= 15 is 0 Å². The van der Waals surface area contributed by atoms with Crippen LogP contribution in [0.25, 0.3) is 0 Å². The van der Waals surface area contributed by atoms with Gasteiger partial charge in [0.15, 0.2) is 0 Å². The number of aromatic nitrogens is 2. The summed E-state index contributed by atoms with van der Waals surface area (Å²) >= 11 is 3.97. The van der Waals surface area contributed by atoms with Gasteiger partial charge in [0.2, 0.25) is 0 Å². The predicted molar refractivity (Wildman–Crippen MR) is 81.6 cm³/mol. The maximum atomic E-state index is 4.42. The van der Waals surface area contributed by atoms with Gasteiger partial charge >= 0.3 is 0 Å². The van der Waals surface area contributed by atoms with E-state index in [1.54, 1.807) is 0 Å². The van der Waals surface area contributed by atoms with Crippen molar-refractivity contribution in [2.24, 2.45) is 0 Å². The fourth-order valence-corrected chi connectivity index (χ4v) is 3.70. The van der Waals surface area contributed by atoms with Crippen LogP contribution in [0.2, 0.25) is 0 Å². The van der Waals surface area contributed by atoms with Gasteiger partial charge < -0.3 is 0 Å². The fourth-order valence-electron chi connectivity index (χ4n) is 1.94. The molecule has 1 aliphatic heterocycles. The molecule has 0 spiro atoms. The summed E-state index contributed by atoms with van der Waals surface area (Å²) in [4.78, 5) is 11.3. The zero-order valence-corrected chi connectivity index (χ0v) is 12.1. The molecule has 19 heavy (non-hydrogen) atoms. The van der Waals surface area contributed by atoms with Crippen molar-refractivity contribution in [3.05, 3.63) is 60.2 Å². The number of pyridine rings is 2. The summed E-state index contributed by atoms with van der Waals surface area (Å²) in [5.74, 6) is 0. The van der Waals surface area contributed by atoms with Crippen molar-refractivity contribution >= 4 is 23.5 Å². The summed E-state index contributed by atoms with van der Waals surface area (Å²) in [6.07, 6.45) is 3.71. The number of thioether (sulfide) groups is 2. The van der Waals surface area contributed by atoms with E-state index in [4.69, 9.17) is 0 Å². The lowest BCUT2D eigenvalue weighted by molar-refractivity contribution is 0.278. The molecule has 1 aliphatic rings. The second-order valence-corrected chi connectivity index (χ2v) is 7.11. The zero-order chi connectivity index (χ0) is 12.9. The Morgan fingerprint density at radius 3 is 1.89 bits per heavy atom. The summed E-state index contributed by atoms with van der Waals surface area (Å²) < 4.78 is 0.531. The smallest absolute Gasteiger partial charge is 0.105 e. The number of hydrogen-bond donors (Lipinski definition) is 0. The van der Waals surface area contributed by atoms with Gasteiger partial charge in [-0.25, -0.2) is 0 Å². The first-order valence-electron chi connectivity index (χ1n) is 6.19. The quantitative estimate of drug-likeness (QED) is 0.843. The average Bonchev–Trinajstić information content (AvgIpc) is 2.39. The van der Waals surface area contributed by atoms with E-state index in [1.165, 1.54) is 5.08 Å². The zero-order valence-electron chi connectivity index (χ0n) is 10.5.